The lowest BCUT2D eigenvalue weighted by Crippen LogP contribution is -1.98. The van der Waals surface area contributed by atoms with Gasteiger partial charge in [0.05, 0.1) is 0 Å². The molecule has 1 rings (SSSR count). The van der Waals surface area contributed by atoms with Crippen molar-refractivity contribution >= 4 is 0 Å². The van der Waals surface area contributed by atoms with Gasteiger partial charge in [-0.2, -0.15) is 0 Å². The molecule has 29 heavy (non-hydrogen) atoms. The van der Waals surface area contributed by atoms with Crippen LogP contribution in [0, 0.1) is 6.92 Å². The third-order valence-corrected chi connectivity index (χ3v) is 5.13. The second-order valence-corrected chi connectivity index (χ2v) is 8.74. The Morgan fingerprint density at radius 3 is 1.90 bits per heavy atom. The molecule has 1 unspecified atom stereocenters. The Hall–Kier alpha value is -2.22. The van der Waals surface area contributed by atoms with Gasteiger partial charge in [0.15, 0.2) is 0 Å². The molecule has 2 nitrogen and oxygen atoms in total. The maximum Gasteiger partial charge on any atom is 0.119 e. The van der Waals surface area contributed by atoms with Gasteiger partial charge in [-0.05, 0) is 98.3 Å². The van der Waals surface area contributed by atoms with Crippen LogP contribution in [-0.2, 0) is 0 Å². The van der Waals surface area contributed by atoms with E-state index in [4.69, 9.17) is 0 Å². The van der Waals surface area contributed by atoms with Crippen LogP contribution in [0.3, 0.4) is 0 Å². The molecule has 2 N–H and O–H groups in total. The van der Waals surface area contributed by atoms with Gasteiger partial charge in [-0.15, -0.1) is 0 Å². The number of hydrogen-bond donors (Lipinski definition) is 2. The zero-order valence-corrected chi connectivity index (χ0v) is 19.5. The summed E-state index contributed by atoms with van der Waals surface area (Å²) >= 11 is 0. The van der Waals surface area contributed by atoms with Crippen molar-refractivity contribution < 1.29 is 10.2 Å². The molecule has 0 fully saturated rings. The molecule has 0 saturated carbocycles. The SMILES string of the molecule is CC(C)=CCC/C(C)=C/CC(/C=C(\C)CCC=C(C)C)c1cc(O)c(C)cc1O. The average Bonchev–Trinajstić information content (AvgIpc) is 2.61. The van der Waals surface area contributed by atoms with Crippen molar-refractivity contribution in [2.24, 2.45) is 0 Å². The molecule has 0 radical (unpaired) electrons. The van der Waals surface area contributed by atoms with Crippen molar-refractivity contribution in [3.63, 3.8) is 0 Å². The molecule has 1 atom stereocenters. The summed E-state index contributed by atoms with van der Waals surface area (Å²) in [7, 11) is 0. The maximum atomic E-state index is 10.5. The number of phenols is 2. The van der Waals surface area contributed by atoms with Crippen LogP contribution in [0.5, 0.6) is 11.5 Å². The van der Waals surface area contributed by atoms with Crippen molar-refractivity contribution in [2.75, 3.05) is 0 Å². The largest absolute Gasteiger partial charge is 0.508 e. The molecular weight excluding hydrogens is 356 g/mol. The summed E-state index contributed by atoms with van der Waals surface area (Å²) in [5.74, 6) is 0.545. The Balaban J connectivity index is 3.07. The Morgan fingerprint density at radius 2 is 1.34 bits per heavy atom. The third-order valence-electron chi connectivity index (χ3n) is 5.13. The molecule has 0 bridgehead atoms. The summed E-state index contributed by atoms with van der Waals surface area (Å²) in [5.41, 5.74) is 6.85. The van der Waals surface area contributed by atoms with Gasteiger partial charge >= 0.3 is 0 Å². The molecular formula is C27H40O2. The van der Waals surface area contributed by atoms with E-state index in [2.05, 4.69) is 65.8 Å². The minimum absolute atomic E-state index is 0.0478. The minimum atomic E-state index is 0.0478. The molecule has 0 saturated heterocycles. The first kappa shape index (κ1) is 24.8. The van der Waals surface area contributed by atoms with E-state index in [0.717, 1.165) is 37.7 Å². The molecule has 2 heteroatoms. The van der Waals surface area contributed by atoms with Crippen LogP contribution in [0.15, 0.2) is 58.7 Å². The van der Waals surface area contributed by atoms with Crippen LogP contribution in [0.4, 0.5) is 0 Å². The van der Waals surface area contributed by atoms with Crippen LogP contribution in [0.25, 0.3) is 0 Å². The predicted molar refractivity (Wildman–Crippen MR) is 127 cm³/mol. The number of allylic oxidation sites excluding steroid dienone is 8. The fraction of sp³-hybridized carbons (Fsp3) is 0.481. The molecule has 0 aliphatic rings. The summed E-state index contributed by atoms with van der Waals surface area (Å²) in [6, 6.07) is 3.39. The third kappa shape index (κ3) is 9.69. The van der Waals surface area contributed by atoms with Gasteiger partial charge in [-0.25, -0.2) is 0 Å². The first-order chi connectivity index (χ1) is 13.6. The lowest BCUT2D eigenvalue weighted by Gasteiger charge is -2.17. The van der Waals surface area contributed by atoms with Gasteiger partial charge in [-0.1, -0.05) is 46.6 Å². The lowest BCUT2D eigenvalue weighted by atomic mass is 9.90. The first-order valence-corrected chi connectivity index (χ1v) is 10.7. The van der Waals surface area contributed by atoms with Crippen LogP contribution in [-0.4, -0.2) is 10.2 Å². The molecule has 0 aliphatic heterocycles. The van der Waals surface area contributed by atoms with Crippen molar-refractivity contribution in [2.45, 2.75) is 86.5 Å². The topological polar surface area (TPSA) is 40.5 Å². The Labute approximate surface area is 178 Å². The summed E-state index contributed by atoms with van der Waals surface area (Å²) in [6.45, 7) is 14.6. The van der Waals surface area contributed by atoms with E-state index in [-0.39, 0.29) is 17.4 Å². The maximum absolute atomic E-state index is 10.5. The molecule has 160 valence electrons. The zero-order chi connectivity index (χ0) is 22.0. The van der Waals surface area contributed by atoms with Gasteiger partial charge in [0.2, 0.25) is 0 Å². The lowest BCUT2D eigenvalue weighted by molar-refractivity contribution is 0.448. The van der Waals surface area contributed by atoms with Crippen LogP contribution in [0.2, 0.25) is 0 Å². The summed E-state index contributed by atoms with van der Waals surface area (Å²) in [5, 5.41) is 20.7. The number of benzene rings is 1. The van der Waals surface area contributed by atoms with Gasteiger partial charge < -0.3 is 10.2 Å². The van der Waals surface area contributed by atoms with Crippen molar-refractivity contribution in [1.82, 2.24) is 0 Å². The highest BCUT2D eigenvalue weighted by Crippen LogP contribution is 2.36. The molecule has 0 heterocycles. The van der Waals surface area contributed by atoms with Crippen molar-refractivity contribution in [3.8, 4) is 11.5 Å². The summed E-state index contributed by atoms with van der Waals surface area (Å²) < 4.78 is 0. The fourth-order valence-corrected chi connectivity index (χ4v) is 3.31. The van der Waals surface area contributed by atoms with Gasteiger partial charge in [0.25, 0.3) is 0 Å². The first-order valence-electron chi connectivity index (χ1n) is 10.7. The predicted octanol–water partition coefficient (Wildman–Crippen LogP) is 8.27. The molecule has 0 aliphatic carbocycles. The van der Waals surface area contributed by atoms with E-state index in [1.165, 1.54) is 22.3 Å². The minimum Gasteiger partial charge on any atom is -0.508 e. The number of aryl methyl sites for hydroxylation is 1. The average molecular weight is 397 g/mol. The molecule has 1 aromatic carbocycles. The van der Waals surface area contributed by atoms with Crippen LogP contribution < -0.4 is 0 Å². The highest BCUT2D eigenvalue weighted by atomic mass is 16.3. The fourth-order valence-electron chi connectivity index (χ4n) is 3.31. The van der Waals surface area contributed by atoms with Gasteiger partial charge in [-0.3, -0.25) is 0 Å². The monoisotopic (exact) mass is 396 g/mol. The Kier molecular flexibility index (Phi) is 10.6. The van der Waals surface area contributed by atoms with Gasteiger partial charge in [0, 0.05) is 11.5 Å². The van der Waals surface area contributed by atoms with E-state index in [1.807, 2.05) is 6.92 Å². The van der Waals surface area contributed by atoms with Crippen LogP contribution in [0.1, 0.15) is 90.7 Å². The number of phenolic OH excluding ortho intramolecular Hbond substituents is 2. The molecule has 0 amide bonds. The van der Waals surface area contributed by atoms with E-state index >= 15 is 0 Å². The highest BCUT2D eigenvalue weighted by molar-refractivity contribution is 5.47. The van der Waals surface area contributed by atoms with E-state index < -0.39 is 0 Å². The van der Waals surface area contributed by atoms with Crippen molar-refractivity contribution in [3.05, 3.63) is 69.9 Å². The molecule has 1 aromatic rings. The smallest absolute Gasteiger partial charge is 0.119 e. The van der Waals surface area contributed by atoms with Gasteiger partial charge in [0.1, 0.15) is 11.5 Å². The normalized spacial score (nSPS) is 13.2. The van der Waals surface area contributed by atoms with E-state index in [9.17, 15) is 10.2 Å². The highest BCUT2D eigenvalue weighted by Gasteiger charge is 2.15. The number of rotatable bonds is 10. The van der Waals surface area contributed by atoms with E-state index in [1.54, 1.807) is 12.1 Å². The second-order valence-electron chi connectivity index (χ2n) is 8.74. The summed E-state index contributed by atoms with van der Waals surface area (Å²) in [4.78, 5) is 0. The van der Waals surface area contributed by atoms with Crippen LogP contribution >= 0.6 is 0 Å². The van der Waals surface area contributed by atoms with Crippen molar-refractivity contribution in [1.29, 1.82) is 0 Å². The quantitative estimate of drug-likeness (QED) is 0.308. The summed E-state index contributed by atoms with van der Waals surface area (Å²) in [6.07, 6.45) is 14.0. The Morgan fingerprint density at radius 1 is 0.793 bits per heavy atom. The molecule has 0 aromatic heterocycles. The number of aromatic hydroxyl groups is 2. The Bertz CT molecular complexity index is 783. The molecule has 0 spiro atoms. The van der Waals surface area contributed by atoms with E-state index in [0.29, 0.717) is 5.56 Å². The standard InChI is InChI=1S/C27H40O2/c1-19(2)10-8-12-21(5)14-15-24(16-22(6)13-9-11-20(3)4)25-18-26(28)23(7)17-27(25)29/h10-11,14,16-18,24,28-29H,8-9,12-13,15H2,1-7H3/b21-14+,22-16+. The number of hydrogen-bond acceptors (Lipinski definition) is 2. The second kappa shape index (κ2) is 12.4. The zero-order valence-electron chi connectivity index (χ0n) is 19.5.